The Hall–Kier alpha value is -2.68. The lowest BCUT2D eigenvalue weighted by atomic mass is 9.91. The maximum Gasteiger partial charge on any atom is 0.443 e. The second-order valence-electron chi connectivity index (χ2n) is 6.06. The first-order valence-electron chi connectivity index (χ1n) is 7.24. The van der Waals surface area contributed by atoms with Gasteiger partial charge in [0.05, 0.1) is 11.6 Å². The summed E-state index contributed by atoms with van der Waals surface area (Å²) in [5.74, 6) is -5.14. The molecule has 9 heteroatoms. The number of para-hydroxylation sites is 1. The average Bonchev–Trinajstić information content (AvgIpc) is 3.24. The number of carbonyl (C=O) groups excluding carboxylic acids is 1. The summed E-state index contributed by atoms with van der Waals surface area (Å²) in [5.41, 5.74) is 3.95. The Kier molecular flexibility index (Phi) is 3.67. The van der Waals surface area contributed by atoms with Crippen LogP contribution in [0.3, 0.4) is 0 Å². The molecule has 4 N–H and O–H groups in total. The van der Waals surface area contributed by atoms with Gasteiger partial charge >= 0.3 is 18.0 Å². The van der Waals surface area contributed by atoms with Crippen molar-refractivity contribution in [3.05, 3.63) is 30.3 Å². The fraction of sp³-hybridized carbons (Fsp3) is 0.400. The van der Waals surface area contributed by atoms with Crippen LogP contribution in [-0.2, 0) is 14.3 Å². The highest BCUT2D eigenvalue weighted by Crippen LogP contribution is 2.62. The minimum atomic E-state index is -1.80. The molecule has 24 heavy (non-hydrogen) atoms. The van der Waals surface area contributed by atoms with Crippen LogP contribution >= 0.6 is 0 Å². The molecule has 1 aromatic carbocycles. The molecule has 0 bridgehead atoms. The van der Waals surface area contributed by atoms with Gasteiger partial charge in [0.25, 0.3) is 0 Å². The van der Waals surface area contributed by atoms with E-state index in [0.29, 0.717) is 0 Å². The number of carboxylic acids is 2. The maximum absolute atomic E-state index is 14.0. The summed E-state index contributed by atoms with van der Waals surface area (Å²) in [4.78, 5) is 34.5. The topological polar surface area (TPSA) is 130 Å². The number of carbonyl (C=O) groups is 3. The zero-order valence-corrected chi connectivity index (χ0v) is 12.3. The molecule has 128 valence electrons. The van der Waals surface area contributed by atoms with Crippen molar-refractivity contribution < 1.29 is 33.8 Å². The lowest BCUT2D eigenvalue weighted by molar-refractivity contribution is -0.146. The van der Waals surface area contributed by atoms with Gasteiger partial charge in [0.1, 0.15) is 11.6 Å². The number of carboxylic acid groups (broad SMARTS) is 2. The number of aliphatic carboxylic acids is 2. The van der Waals surface area contributed by atoms with Crippen molar-refractivity contribution in [2.45, 2.75) is 18.1 Å². The number of hydrogen-bond donors (Lipinski definition) is 3. The second-order valence-corrected chi connectivity index (χ2v) is 6.06. The lowest BCUT2D eigenvalue weighted by Crippen LogP contribution is -2.51. The van der Waals surface area contributed by atoms with E-state index < -0.39 is 47.4 Å². The van der Waals surface area contributed by atoms with Crippen molar-refractivity contribution >= 4 is 23.7 Å². The van der Waals surface area contributed by atoms with Crippen molar-refractivity contribution in [3.63, 3.8) is 0 Å². The molecule has 0 spiro atoms. The second kappa shape index (κ2) is 5.45. The minimum absolute atomic E-state index is 0.0557. The van der Waals surface area contributed by atoms with Crippen LogP contribution in [0.25, 0.3) is 0 Å². The van der Waals surface area contributed by atoms with Crippen LogP contribution < -0.4 is 10.9 Å². The van der Waals surface area contributed by atoms with Gasteiger partial charge in [0.2, 0.25) is 0 Å². The van der Waals surface area contributed by atoms with Gasteiger partial charge in [0, 0.05) is 18.3 Å². The summed E-state index contributed by atoms with van der Waals surface area (Å²) < 4.78 is 19.0. The Balaban J connectivity index is 1.75. The zero-order chi connectivity index (χ0) is 17.6. The molecular formula is C15H15FN2O6. The van der Waals surface area contributed by atoms with Crippen LogP contribution in [0.5, 0.6) is 0 Å². The first kappa shape index (κ1) is 16.2. The number of ether oxygens (including phenoxy) is 1. The normalized spacial score (nSPS) is 33.4. The summed E-state index contributed by atoms with van der Waals surface area (Å²) in [6.45, 7) is 0. The van der Waals surface area contributed by atoms with Gasteiger partial charge in [-0.15, -0.1) is 5.12 Å². The minimum Gasteiger partial charge on any atom is -0.481 e. The molecular weight excluding hydrogens is 323 g/mol. The Labute approximate surface area is 135 Å². The molecule has 8 nitrogen and oxygen atoms in total. The molecule has 2 fully saturated rings. The van der Waals surface area contributed by atoms with Gasteiger partial charge in [-0.25, -0.2) is 4.79 Å². The Morgan fingerprint density at radius 3 is 2.42 bits per heavy atom. The van der Waals surface area contributed by atoms with E-state index in [-0.39, 0.29) is 17.2 Å². The third-order valence-corrected chi connectivity index (χ3v) is 4.72. The quantitative estimate of drug-likeness (QED) is 0.699. The fourth-order valence-electron chi connectivity index (χ4n) is 3.57. The number of nitrogens with two attached hydrogens (primary N) is 1. The number of benzene rings is 1. The molecule has 1 amide bonds. The van der Waals surface area contributed by atoms with E-state index in [9.17, 15) is 24.0 Å². The van der Waals surface area contributed by atoms with E-state index in [1.165, 1.54) is 24.3 Å². The van der Waals surface area contributed by atoms with Gasteiger partial charge in [0.15, 0.2) is 0 Å². The highest BCUT2D eigenvalue weighted by atomic mass is 19.2. The van der Waals surface area contributed by atoms with Crippen LogP contribution in [0, 0.1) is 17.8 Å². The number of nitrogens with zero attached hydrogens (tertiary/aromatic N) is 1. The van der Waals surface area contributed by atoms with E-state index in [0.717, 1.165) is 0 Å². The summed E-state index contributed by atoms with van der Waals surface area (Å²) >= 11 is 0. The monoisotopic (exact) mass is 338 g/mol. The first-order valence-corrected chi connectivity index (χ1v) is 7.24. The number of rotatable bonds is 4. The van der Waals surface area contributed by atoms with E-state index in [1.54, 1.807) is 6.07 Å². The number of hydrogen-bond acceptors (Lipinski definition) is 5. The average molecular weight is 338 g/mol. The molecule has 0 aliphatic heterocycles. The third-order valence-electron chi connectivity index (χ3n) is 4.72. The molecule has 0 saturated heterocycles. The zero-order valence-electron chi connectivity index (χ0n) is 12.3. The highest BCUT2D eigenvalue weighted by Gasteiger charge is 2.75. The van der Waals surface area contributed by atoms with Crippen LogP contribution in [0.2, 0.25) is 0 Å². The SMILES string of the molecule is N[C@@]1(C(=O)O)C[C@H](OC(=O)N(F)c2ccccc2)[C@H]2[C@H](C(=O)O)[C@H]21. The van der Waals surface area contributed by atoms with Crippen LogP contribution in [0.15, 0.2) is 30.3 Å². The van der Waals surface area contributed by atoms with Gasteiger partial charge in [-0.1, -0.05) is 22.7 Å². The smallest absolute Gasteiger partial charge is 0.443 e. The molecule has 2 aliphatic rings. The van der Waals surface area contributed by atoms with Gasteiger partial charge in [-0.05, 0) is 12.1 Å². The molecule has 0 radical (unpaired) electrons. The maximum atomic E-state index is 14.0. The molecule has 2 saturated carbocycles. The molecule has 5 atom stereocenters. The van der Waals surface area contributed by atoms with E-state index >= 15 is 0 Å². The highest BCUT2D eigenvalue weighted by molar-refractivity contribution is 5.87. The van der Waals surface area contributed by atoms with Crippen molar-refractivity contribution in [2.75, 3.05) is 5.12 Å². The summed E-state index contributed by atoms with van der Waals surface area (Å²) in [6, 6.07) is 7.39. The molecule has 0 heterocycles. The van der Waals surface area contributed by atoms with Crippen LogP contribution in [-0.4, -0.2) is 39.9 Å². The molecule has 0 aromatic heterocycles. The number of anilines is 1. The van der Waals surface area contributed by atoms with Gasteiger partial charge in [-0.2, -0.15) is 0 Å². The van der Waals surface area contributed by atoms with Crippen molar-refractivity contribution in [3.8, 4) is 0 Å². The molecule has 1 aromatic rings. The van der Waals surface area contributed by atoms with E-state index in [4.69, 9.17) is 15.6 Å². The molecule has 3 rings (SSSR count). The standard InChI is InChI=1S/C15H15FN2O6/c16-18(7-4-2-1-3-5-7)14(23)24-8-6-15(17,13(21)22)11-9(8)10(11)12(19)20/h1-5,8-11H,6,17H2,(H,19,20)(H,21,22)/t8-,9-,10-,11-,15-/m0/s1. The predicted octanol–water partition coefficient (Wildman–Crippen LogP) is 1.02. The number of amides is 1. The lowest BCUT2D eigenvalue weighted by Gasteiger charge is -2.25. The van der Waals surface area contributed by atoms with Gasteiger partial charge < -0.3 is 20.7 Å². The summed E-state index contributed by atoms with van der Waals surface area (Å²) in [6.07, 6.45) is -2.65. The Morgan fingerprint density at radius 2 is 1.88 bits per heavy atom. The van der Waals surface area contributed by atoms with E-state index in [2.05, 4.69) is 0 Å². The van der Waals surface area contributed by atoms with E-state index in [1.807, 2.05) is 0 Å². The molecule has 2 aliphatic carbocycles. The first-order chi connectivity index (χ1) is 11.3. The van der Waals surface area contributed by atoms with Gasteiger partial charge in [-0.3, -0.25) is 9.59 Å². The summed E-state index contributed by atoms with van der Waals surface area (Å²) in [7, 11) is 0. The van der Waals surface area contributed by atoms with Crippen molar-refractivity contribution in [1.82, 2.24) is 0 Å². The van der Waals surface area contributed by atoms with Crippen LogP contribution in [0.4, 0.5) is 15.0 Å². The predicted molar refractivity (Wildman–Crippen MR) is 77.6 cm³/mol. The Morgan fingerprint density at radius 1 is 1.25 bits per heavy atom. The van der Waals surface area contributed by atoms with Crippen molar-refractivity contribution in [2.24, 2.45) is 23.5 Å². The fourth-order valence-corrected chi connectivity index (χ4v) is 3.57. The number of fused-ring (bicyclic) bond motifs is 1. The molecule has 0 unspecified atom stereocenters. The number of halogens is 1. The largest absolute Gasteiger partial charge is 0.481 e. The third kappa shape index (κ3) is 2.37. The Bertz CT molecular complexity index is 698. The van der Waals surface area contributed by atoms with Crippen LogP contribution in [0.1, 0.15) is 6.42 Å². The van der Waals surface area contributed by atoms with Crippen molar-refractivity contribution in [1.29, 1.82) is 0 Å². The summed E-state index contributed by atoms with van der Waals surface area (Å²) in [5, 5.41) is 18.2.